The molecule has 7 nitrogen and oxygen atoms in total. The van der Waals surface area contributed by atoms with Gasteiger partial charge in [-0.2, -0.15) is 0 Å². The maximum atomic E-state index is 11.9. The van der Waals surface area contributed by atoms with Crippen LogP contribution in [-0.4, -0.2) is 39.8 Å². The average molecular weight is 437 g/mol. The zero-order valence-electron chi connectivity index (χ0n) is 18.3. The fourth-order valence-corrected chi connectivity index (χ4v) is 3.46. The first-order valence-electron chi connectivity index (χ1n) is 11.3. The Hall–Kier alpha value is -0.560. The Labute approximate surface area is 177 Å². The summed E-state index contributed by atoms with van der Waals surface area (Å²) in [7, 11) is -4.56. The molecular formula is C21H45N2O5P. The number of carbonyl (C=O) groups excluding carboxylic acids is 1. The number of hydrogen-bond donors (Lipinski definition) is 5. The van der Waals surface area contributed by atoms with Crippen LogP contribution in [-0.2, 0) is 9.32 Å². The van der Waals surface area contributed by atoms with E-state index in [0.29, 0.717) is 6.42 Å². The number of unbranched alkanes of at least 4 members (excludes halogenated alkanes) is 11. The Balaban J connectivity index is 3.48. The van der Waals surface area contributed by atoms with Crippen LogP contribution in [0.3, 0.4) is 0 Å². The molecule has 1 atom stereocenters. The molecule has 0 heterocycles. The van der Waals surface area contributed by atoms with E-state index in [2.05, 4.69) is 28.9 Å². The molecule has 0 aliphatic heterocycles. The molecule has 0 aliphatic rings. The Kier molecular flexibility index (Phi) is 19.0. The van der Waals surface area contributed by atoms with Crippen LogP contribution in [0.5, 0.6) is 0 Å². The normalized spacial score (nSPS) is 13.7. The third kappa shape index (κ3) is 22.0. The van der Waals surface area contributed by atoms with Gasteiger partial charge >= 0.3 is 113 Å². The second-order valence-corrected chi connectivity index (χ2v) is 9.16. The van der Waals surface area contributed by atoms with Gasteiger partial charge in [0.15, 0.2) is 0 Å². The van der Waals surface area contributed by atoms with Gasteiger partial charge in [0.05, 0.1) is 0 Å². The number of carbonyl (C=O) groups is 1. The molecule has 0 unspecified atom stereocenters. The quantitative estimate of drug-likeness (QED) is 0.112. The van der Waals surface area contributed by atoms with E-state index in [1.165, 1.54) is 57.8 Å². The number of rotatable bonds is 20. The molecule has 0 fully saturated rings. The van der Waals surface area contributed by atoms with E-state index in [1.807, 2.05) is 0 Å². The SMILES string of the molecule is CCCCCCCC/C=C\CCCCCCCC(=O)N[C@@H](CN)CO[PH](O)(O)O. The van der Waals surface area contributed by atoms with Gasteiger partial charge in [-0.15, -0.1) is 0 Å². The molecule has 174 valence electrons. The van der Waals surface area contributed by atoms with Gasteiger partial charge in [-0.25, -0.2) is 0 Å². The van der Waals surface area contributed by atoms with Gasteiger partial charge in [-0.1, -0.05) is 51.2 Å². The van der Waals surface area contributed by atoms with Crippen LogP contribution in [0.15, 0.2) is 12.2 Å². The predicted octanol–water partition coefficient (Wildman–Crippen LogP) is 3.87. The summed E-state index contributed by atoms with van der Waals surface area (Å²) in [5, 5.41) is 2.68. The van der Waals surface area contributed by atoms with Gasteiger partial charge in [-0.3, -0.25) is 0 Å². The molecule has 0 aromatic rings. The van der Waals surface area contributed by atoms with Crippen molar-refractivity contribution in [2.24, 2.45) is 5.73 Å². The fraction of sp³-hybridized carbons (Fsp3) is 0.857. The van der Waals surface area contributed by atoms with Gasteiger partial charge in [0, 0.05) is 0 Å². The molecule has 0 saturated heterocycles. The number of nitrogens with two attached hydrogens (primary N) is 1. The molecule has 1 amide bonds. The molecule has 6 N–H and O–H groups in total. The molecule has 0 spiro atoms. The van der Waals surface area contributed by atoms with E-state index in [1.54, 1.807) is 0 Å². The summed E-state index contributed by atoms with van der Waals surface area (Å²) in [4.78, 5) is 38.3. The average Bonchev–Trinajstić information content (AvgIpc) is 2.67. The first-order valence-corrected chi connectivity index (χ1v) is 13.1. The molecule has 0 rings (SSSR count). The monoisotopic (exact) mass is 436 g/mol. The van der Waals surface area contributed by atoms with Crippen LogP contribution in [0.1, 0.15) is 96.8 Å². The van der Waals surface area contributed by atoms with Crippen molar-refractivity contribution in [3.63, 3.8) is 0 Å². The zero-order valence-corrected chi connectivity index (χ0v) is 19.3. The first kappa shape index (κ1) is 28.4. The van der Waals surface area contributed by atoms with Gasteiger partial charge in [-0.05, 0) is 12.8 Å². The van der Waals surface area contributed by atoms with Crippen LogP contribution >= 0.6 is 8.17 Å². The van der Waals surface area contributed by atoms with Gasteiger partial charge < -0.3 is 0 Å². The third-order valence-corrected chi connectivity index (χ3v) is 5.35. The molecule has 0 aliphatic carbocycles. The number of nitrogens with one attached hydrogen (secondary N) is 1. The van der Waals surface area contributed by atoms with Gasteiger partial charge in [0.1, 0.15) is 0 Å². The van der Waals surface area contributed by atoms with Crippen molar-refractivity contribution in [2.75, 3.05) is 13.2 Å². The number of allylic oxidation sites excluding steroid dienone is 2. The summed E-state index contributed by atoms with van der Waals surface area (Å²) < 4.78 is 4.52. The summed E-state index contributed by atoms with van der Waals surface area (Å²) in [6.07, 6.45) is 20.8. The van der Waals surface area contributed by atoms with Gasteiger partial charge in [0.25, 0.3) is 0 Å². The van der Waals surface area contributed by atoms with Crippen molar-refractivity contribution in [1.29, 1.82) is 0 Å². The topological polar surface area (TPSA) is 125 Å². The predicted molar refractivity (Wildman–Crippen MR) is 121 cm³/mol. The summed E-state index contributed by atoms with van der Waals surface area (Å²) in [6, 6.07) is -0.538. The summed E-state index contributed by atoms with van der Waals surface area (Å²) in [5.74, 6) is -0.136. The van der Waals surface area contributed by atoms with E-state index in [0.717, 1.165) is 25.7 Å². The van der Waals surface area contributed by atoms with Crippen LogP contribution in [0.25, 0.3) is 0 Å². The van der Waals surface area contributed by atoms with Crippen molar-refractivity contribution >= 4 is 14.1 Å². The van der Waals surface area contributed by atoms with E-state index >= 15 is 0 Å². The summed E-state index contributed by atoms with van der Waals surface area (Å²) in [6.45, 7) is 2.13. The van der Waals surface area contributed by atoms with Crippen LogP contribution < -0.4 is 11.1 Å². The van der Waals surface area contributed by atoms with E-state index in [9.17, 15) is 4.79 Å². The Morgan fingerprint density at radius 1 is 0.931 bits per heavy atom. The van der Waals surface area contributed by atoms with Crippen molar-refractivity contribution in [3.05, 3.63) is 12.2 Å². The van der Waals surface area contributed by atoms with Crippen LogP contribution in [0, 0.1) is 0 Å². The summed E-state index contributed by atoms with van der Waals surface area (Å²) in [5.41, 5.74) is 5.51. The van der Waals surface area contributed by atoms with Crippen LogP contribution in [0.2, 0.25) is 0 Å². The molecule has 0 saturated carbocycles. The third-order valence-electron chi connectivity index (χ3n) is 4.79. The molecule has 8 heteroatoms. The standard InChI is InChI=1S/C21H45N2O5P/c1-2-3-4-5-6-7-8-9-10-11-12-13-14-15-16-17-21(24)23-20(18-22)19-28-29(25,26)27/h9-10,20,25-27,29H,2-8,11-19,22H2,1H3,(H,23,24)/b10-9-/t20-/m0/s1. The first-order chi connectivity index (χ1) is 13.9. The second kappa shape index (κ2) is 19.4. The summed E-state index contributed by atoms with van der Waals surface area (Å²) >= 11 is 0. The second-order valence-electron chi connectivity index (χ2n) is 7.72. The number of amides is 1. The Bertz CT molecular complexity index is 416. The Morgan fingerprint density at radius 3 is 1.97 bits per heavy atom. The molecule has 29 heavy (non-hydrogen) atoms. The van der Waals surface area contributed by atoms with Crippen molar-refractivity contribution in [1.82, 2.24) is 5.32 Å². The molecular weight excluding hydrogens is 391 g/mol. The fourth-order valence-electron chi connectivity index (χ4n) is 3.04. The maximum absolute atomic E-state index is 11.9. The van der Waals surface area contributed by atoms with Crippen molar-refractivity contribution in [2.45, 2.75) is 103 Å². The van der Waals surface area contributed by atoms with Crippen molar-refractivity contribution in [3.8, 4) is 0 Å². The molecule has 0 aromatic carbocycles. The number of hydrogen-bond acceptors (Lipinski definition) is 6. The minimum atomic E-state index is -4.56. The van der Waals surface area contributed by atoms with E-state index < -0.39 is 14.2 Å². The molecule has 0 radical (unpaired) electrons. The van der Waals surface area contributed by atoms with Crippen LogP contribution in [0.4, 0.5) is 0 Å². The van der Waals surface area contributed by atoms with E-state index in [4.69, 9.17) is 20.4 Å². The van der Waals surface area contributed by atoms with E-state index in [-0.39, 0.29) is 19.1 Å². The molecule has 0 bridgehead atoms. The van der Waals surface area contributed by atoms with Crippen molar-refractivity contribution < 1.29 is 24.0 Å². The molecule has 0 aromatic heterocycles. The zero-order chi connectivity index (χ0) is 21.8. The van der Waals surface area contributed by atoms with Gasteiger partial charge in [0.2, 0.25) is 0 Å². The Morgan fingerprint density at radius 2 is 1.45 bits per heavy atom. The minimum absolute atomic E-state index is 0.0998.